The zero-order chi connectivity index (χ0) is 19.0. The van der Waals surface area contributed by atoms with Crippen LogP contribution in [0.3, 0.4) is 0 Å². The van der Waals surface area contributed by atoms with Gasteiger partial charge in [-0.15, -0.1) is 5.10 Å². The molecule has 1 N–H and O–H groups in total. The summed E-state index contributed by atoms with van der Waals surface area (Å²) in [5, 5.41) is 7.79. The molecule has 0 spiro atoms. The largest absolute Gasteiger partial charge is 0.463 e. The molecule has 1 aromatic carbocycles. The quantitative estimate of drug-likeness (QED) is 0.711. The molecule has 138 valence electrons. The van der Waals surface area contributed by atoms with Crippen LogP contribution in [0.15, 0.2) is 58.3 Å². The molecule has 0 unspecified atom stereocenters. The van der Waals surface area contributed by atoms with Gasteiger partial charge in [-0.25, -0.2) is 9.48 Å². The number of aromatic nitrogens is 3. The Kier molecular flexibility index (Phi) is 4.27. The van der Waals surface area contributed by atoms with E-state index in [9.17, 15) is 4.79 Å². The SMILES string of the molecule is CCOC(=O)C1=C(C)Nc2nc(-c3ccco3)nn2[C@@H]1c1cccc(C)c1. The maximum absolute atomic E-state index is 12.7. The molecule has 0 amide bonds. The highest BCUT2D eigenvalue weighted by Crippen LogP contribution is 2.37. The molecule has 7 nitrogen and oxygen atoms in total. The predicted octanol–water partition coefficient (Wildman–Crippen LogP) is 3.70. The van der Waals surface area contributed by atoms with Gasteiger partial charge in [0.25, 0.3) is 0 Å². The van der Waals surface area contributed by atoms with Crippen LogP contribution in [0.2, 0.25) is 0 Å². The fourth-order valence-electron chi connectivity index (χ4n) is 3.28. The maximum atomic E-state index is 12.7. The lowest BCUT2D eigenvalue weighted by Gasteiger charge is -2.28. The molecule has 0 aliphatic carbocycles. The smallest absolute Gasteiger partial charge is 0.338 e. The van der Waals surface area contributed by atoms with Crippen LogP contribution in [-0.2, 0) is 9.53 Å². The number of carbonyl (C=O) groups is 1. The Morgan fingerprint density at radius 2 is 2.15 bits per heavy atom. The molecule has 0 bridgehead atoms. The van der Waals surface area contributed by atoms with Crippen LogP contribution in [0.4, 0.5) is 5.95 Å². The molecule has 0 radical (unpaired) electrons. The summed E-state index contributed by atoms with van der Waals surface area (Å²) < 4.78 is 12.5. The second-order valence-electron chi connectivity index (χ2n) is 6.38. The van der Waals surface area contributed by atoms with Crippen molar-refractivity contribution < 1.29 is 13.9 Å². The fourth-order valence-corrected chi connectivity index (χ4v) is 3.28. The molecule has 0 fully saturated rings. The van der Waals surface area contributed by atoms with E-state index in [0.717, 1.165) is 11.1 Å². The molecule has 4 rings (SSSR count). The van der Waals surface area contributed by atoms with Crippen molar-refractivity contribution in [2.45, 2.75) is 26.8 Å². The molecule has 1 aliphatic heterocycles. The number of nitrogens with one attached hydrogen (secondary N) is 1. The number of allylic oxidation sites excluding steroid dienone is 1. The lowest BCUT2D eigenvalue weighted by molar-refractivity contribution is -0.139. The molecule has 2 aromatic heterocycles. The number of hydrogen-bond donors (Lipinski definition) is 1. The number of ether oxygens (including phenoxy) is 1. The Morgan fingerprint density at radius 1 is 1.30 bits per heavy atom. The van der Waals surface area contributed by atoms with Crippen molar-refractivity contribution in [1.29, 1.82) is 0 Å². The number of esters is 1. The Bertz CT molecular complexity index is 1020. The zero-order valence-corrected chi connectivity index (χ0v) is 15.4. The number of carbonyl (C=O) groups excluding carboxylic acids is 1. The van der Waals surface area contributed by atoms with Gasteiger partial charge < -0.3 is 14.5 Å². The average Bonchev–Trinajstić information content (AvgIpc) is 3.29. The molecule has 0 saturated carbocycles. The first kappa shape index (κ1) is 17.1. The first-order chi connectivity index (χ1) is 13.1. The van der Waals surface area contributed by atoms with Crippen molar-refractivity contribution in [3.63, 3.8) is 0 Å². The minimum absolute atomic E-state index is 0.304. The van der Waals surface area contributed by atoms with Crippen molar-refractivity contribution in [2.75, 3.05) is 11.9 Å². The summed E-state index contributed by atoms with van der Waals surface area (Å²) >= 11 is 0. The second-order valence-corrected chi connectivity index (χ2v) is 6.38. The number of nitrogens with zero attached hydrogens (tertiary/aromatic N) is 3. The van der Waals surface area contributed by atoms with E-state index in [0.29, 0.717) is 35.4 Å². The molecular formula is C20H20N4O3. The van der Waals surface area contributed by atoms with E-state index in [1.807, 2.05) is 38.1 Å². The molecule has 27 heavy (non-hydrogen) atoms. The van der Waals surface area contributed by atoms with Gasteiger partial charge in [0.05, 0.1) is 18.4 Å². The Morgan fingerprint density at radius 3 is 2.85 bits per heavy atom. The van der Waals surface area contributed by atoms with Crippen molar-refractivity contribution in [2.24, 2.45) is 0 Å². The van der Waals surface area contributed by atoms with Gasteiger partial charge in [0, 0.05) is 5.70 Å². The monoisotopic (exact) mass is 364 g/mol. The zero-order valence-electron chi connectivity index (χ0n) is 15.4. The van der Waals surface area contributed by atoms with Crippen molar-refractivity contribution in [3.05, 3.63) is 65.1 Å². The normalized spacial score (nSPS) is 16.0. The molecule has 7 heteroatoms. The first-order valence-corrected chi connectivity index (χ1v) is 8.80. The Labute approximate surface area is 156 Å². The summed E-state index contributed by atoms with van der Waals surface area (Å²) in [4.78, 5) is 17.3. The lowest BCUT2D eigenvalue weighted by atomic mass is 9.95. The molecule has 0 saturated heterocycles. The minimum Gasteiger partial charge on any atom is -0.463 e. The number of anilines is 1. The number of fused-ring (bicyclic) bond motifs is 1. The summed E-state index contributed by atoms with van der Waals surface area (Å²) in [7, 11) is 0. The van der Waals surface area contributed by atoms with Gasteiger partial charge in [0.15, 0.2) is 5.76 Å². The number of rotatable bonds is 4. The van der Waals surface area contributed by atoms with Gasteiger partial charge >= 0.3 is 5.97 Å². The van der Waals surface area contributed by atoms with Gasteiger partial charge in [0.2, 0.25) is 11.8 Å². The van der Waals surface area contributed by atoms with Gasteiger partial charge in [-0.05, 0) is 38.5 Å². The van der Waals surface area contributed by atoms with Crippen LogP contribution >= 0.6 is 0 Å². The molecule has 1 aliphatic rings. The first-order valence-electron chi connectivity index (χ1n) is 8.80. The van der Waals surface area contributed by atoms with E-state index >= 15 is 0 Å². The minimum atomic E-state index is -0.434. The topological polar surface area (TPSA) is 82.2 Å². The summed E-state index contributed by atoms with van der Waals surface area (Å²) in [5.41, 5.74) is 3.26. The molecule has 3 aromatic rings. The third-order valence-corrected chi connectivity index (χ3v) is 4.45. The van der Waals surface area contributed by atoms with Crippen molar-refractivity contribution >= 4 is 11.9 Å². The number of aryl methyl sites for hydroxylation is 1. The van der Waals surface area contributed by atoms with Gasteiger partial charge in [-0.2, -0.15) is 4.98 Å². The number of furan rings is 1. The Hall–Kier alpha value is -3.35. The molecule has 1 atom stereocenters. The number of hydrogen-bond acceptors (Lipinski definition) is 6. The summed E-state index contributed by atoms with van der Waals surface area (Å²) in [6, 6.07) is 11.2. The van der Waals surface area contributed by atoms with Gasteiger partial charge in [-0.1, -0.05) is 29.8 Å². The van der Waals surface area contributed by atoms with Crippen LogP contribution < -0.4 is 5.32 Å². The predicted molar refractivity (Wildman–Crippen MR) is 100.0 cm³/mol. The standard InChI is InChI=1S/C20H20N4O3/c1-4-26-19(25)16-13(3)21-20-22-18(15-9-6-10-27-15)23-24(20)17(16)14-8-5-7-12(2)11-14/h5-11,17H,4H2,1-3H3,(H,21,22,23)/t17-/m1/s1. The maximum Gasteiger partial charge on any atom is 0.338 e. The van der Waals surface area contributed by atoms with Crippen molar-refractivity contribution in [3.8, 4) is 11.6 Å². The highest BCUT2D eigenvalue weighted by molar-refractivity contribution is 5.92. The van der Waals surface area contributed by atoms with Crippen LogP contribution in [0.1, 0.15) is 31.0 Å². The van der Waals surface area contributed by atoms with Gasteiger partial charge in [0.1, 0.15) is 6.04 Å². The van der Waals surface area contributed by atoms with E-state index in [2.05, 4.69) is 15.4 Å². The Balaban J connectivity index is 1.88. The fraction of sp³-hybridized carbons (Fsp3) is 0.250. The van der Waals surface area contributed by atoms with Crippen LogP contribution in [0.25, 0.3) is 11.6 Å². The lowest BCUT2D eigenvalue weighted by Crippen LogP contribution is -2.29. The van der Waals surface area contributed by atoms with E-state index in [1.54, 1.807) is 30.0 Å². The third-order valence-electron chi connectivity index (χ3n) is 4.45. The van der Waals surface area contributed by atoms with Crippen molar-refractivity contribution in [1.82, 2.24) is 14.8 Å². The molecule has 3 heterocycles. The second kappa shape index (κ2) is 6.75. The average molecular weight is 364 g/mol. The van der Waals surface area contributed by atoms with E-state index in [1.165, 1.54) is 0 Å². The summed E-state index contributed by atoms with van der Waals surface area (Å²) in [6.07, 6.45) is 1.58. The summed E-state index contributed by atoms with van der Waals surface area (Å²) in [5.74, 6) is 1.21. The van der Waals surface area contributed by atoms with E-state index in [4.69, 9.17) is 9.15 Å². The highest BCUT2D eigenvalue weighted by atomic mass is 16.5. The number of benzene rings is 1. The van der Waals surface area contributed by atoms with E-state index in [-0.39, 0.29) is 5.97 Å². The molecular weight excluding hydrogens is 344 g/mol. The van der Waals surface area contributed by atoms with Crippen LogP contribution in [0.5, 0.6) is 0 Å². The van der Waals surface area contributed by atoms with E-state index < -0.39 is 6.04 Å². The van der Waals surface area contributed by atoms with Gasteiger partial charge in [-0.3, -0.25) is 0 Å². The summed E-state index contributed by atoms with van der Waals surface area (Å²) in [6.45, 7) is 5.96. The highest BCUT2D eigenvalue weighted by Gasteiger charge is 2.35. The van der Waals surface area contributed by atoms with Crippen LogP contribution in [-0.4, -0.2) is 27.3 Å². The third kappa shape index (κ3) is 3.01. The van der Waals surface area contributed by atoms with Crippen LogP contribution in [0, 0.1) is 6.92 Å².